The normalized spacial score (nSPS) is 23.1. The summed E-state index contributed by atoms with van der Waals surface area (Å²) in [6.45, 7) is 5.65. The first-order chi connectivity index (χ1) is 15.6. The Balaban J connectivity index is 2.17. The Kier molecular flexibility index (Phi) is 9.56. The smallest absolute Gasteiger partial charge is 0.408 e. The molecule has 2 aliphatic heterocycles. The summed E-state index contributed by atoms with van der Waals surface area (Å²) in [5, 5.41) is 2.63. The number of alkyl carbamates (subject to hydrolysis) is 1. The maximum absolute atomic E-state index is 13.5. The number of carbonyl (C=O) groups excluding carboxylic acids is 4. The average molecular weight is 464 g/mol. The summed E-state index contributed by atoms with van der Waals surface area (Å²) in [6, 6.07) is -1.90. The van der Waals surface area contributed by atoms with Gasteiger partial charge in [0, 0.05) is 25.4 Å². The Morgan fingerprint density at radius 3 is 2.52 bits per heavy atom. The molecule has 0 bridgehead atoms. The van der Waals surface area contributed by atoms with Crippen LogP contribution in [0.1, 0.15) is 72.1 Å². The van der Waals surface area contributed by atoms with Crippen molar-refractivity contribution in [3.05, 3.63) is 0 Å². The fourth-order valence-corrected chi connectivity index (χ4v) is 4.36. The molecular formula is C24H37N3O6. The monoisotopic (exact) mass is 463 g/mol. The molecule has 0 unspecified atom stereocenters. The number of rotatable bonds is 7. The van der Waals surface area contributed by atoms with E-state index in [-0.39, 0.29) is 18.5 Å². The molecule has 0 aromatic carbocycles. The van der Waals surface area contributed by atoms with Gasteiger partial charge in [-0.3, -0.25) is 9.59 Å². The second kappa shape index (κ2) is 11.9. The molecule has 0 radical (unpaired) electrons. The van der Waals surface area contributed by atoms with E-state index in [1.165, 1.54) is 12.0 Å². The van der Waals surface area contributed by atoms with Gasteiger partial charge in [-0.1, -0.05) is 6.42 Å². The van der Waals surface area contributed by atoms with Gasteiger partial charge in [-0.15, -0.1) is 12.3 Å². The number of hydrogen-bond acceptors (Lipinski definition) is 6. The first-order valence-corrected chi connectivity index (χ1v) is 11.7. The topological polar surface area (TPSA) is 105 Å². The molecule has 0 spiro atoms. The van der Waals surface area contributed by atoms with Crippen LogP contribution >= 0.6 is 0 Å². The van der Waals surface area contributed by atoms with Gasteiger partial charge in [-0.05, 0) is 52.9 Å². The number of methoxy groups -OCH3 is 1. The van der Waals surface area contributed by atoms with E-state index in [4.69, 9.17) is 15.9 Å². The van der Waals surface area contributed by atoms with Crippen molar-refractivity contribution in [1.29, 1.82) is 0 Å². The molecule has 3 atom stereocenters. The Bertz CT molecular complexity index is 769. The SMILES string of the molecule is C#CCCCCCC(=O)N1CC[C@H]2CC[C@@H](C(=O)OC)N2C(=O)[C@@H](NC(=O)OC(C)(C)C)C1. The first-order valence-electron chi connectivity index (χ1n) is 11.7. The Hall–Kier alpha value is -2.76. The zero-order chi connectivity index (χ0) is 24.6. The molecule has 184 valence electrons. The number of esters is 1. The van der Waals surface area contributed by atoms with Crippen LogP contribution in [0.25, 0.3) is 0 Å². The molecule has 9 nitrogen and oxygen atoms in total. The number of fused-ring (bicyclic) bond motifs is 1. The lowest BCUT2D eigenvalue weighted by Crippen LogP contribution is -2.60. The van der Waals surface area contributed by atoms with Crippen LogP contribution in [0.3, 0.4) is 0 Å². The van der Waals surface area contributed by atoms with E-state index in [9.17, 15) is 19.2 Å². The van der Waals surface area contributed by atoms with Crippen LogP contribution in [0.5, 0.6) is 0 Å². The van der Waals surface area contributed by atoms with Gasteiger partial charge >= 0.3 is 12.1 Å². The van der Waals surface area contributed by atoms with Gasteiger partial charge in [0.05, 0.1) is 13.7 Å². The predicted octanol–water partition coefficient (Wildman–Crippen LogP) is 2.23. The van der Waals surface area contributed by atoms with Crippen molar-refractivity contribution in [2.75, 3.05) is 20.2 Å². The van der Waals surface area contributed by atoms with Gasteiger partial charge in [-0.25, -0.2) is 9.59 Å². The van der Waals surface area contributed by atoms with Crippen molar-refractivity contribution in [2.45, 2.75) is 95.9 Å². The van der Waals surface area contributed by atoms with Gasteiger partial charge in [0.15, 0.2) is 0 Å². The largest absolute Gasteiger partial charge is 0.467 e. The molecule has 9 heteroatoms. The van der Waals surface area contributed by atoms with Crippen molar-refractivity contribution in [2.24, 2.45) is 0 Å². The standard InChI is InChI=1S/C24H37N3O6/c1-6-7-8-9-10-11-20(28)26-15-14-17-12-13-19(22(30)32-5)27(17)21(29)18(16-26)25-23(31)33-24(2,3)4/h1,17-19H,7-16H2,2-5H3,(H,25,31)/t17-,18+,19+/m1/s1. The fourth-order valence-electron chi connectivity index (χ4n) is 4.36. The highest BCUT2D eigenvalue weighted by Gasteiger charge is 2.46. The number of amides is 3. The zero-order valence-electron chi connectivity index (χ0n) is 20.2. The minimum atomic E-state index is -1.02. The third kappa shape index (κ3) is 7.65. The molecule has 1 N–H and O–H groups in total. The first kappa shape index (κ1) is 26.5. The average Bonchev–Trinajstić information content (AvgIpc) is 3.15. The highest BCUT2D eigenvalue weighted by atomic mass is 16.6. The molecule has 2 fully saturated rings. The molecule has 0 aliphatic carbocycles. The van der Waals surface area contributed by atoms with Gasteiger partial charge in [0.2, 0.25) is 11.8 Å². The third-order valence-electron chi connectivity index (χ3n) is 5.92. The van der Waals surface area contributed by atoms with Crippen LogP contribution in [-0.4, -0.2) is 77.6 Å². The van der Waals surface area contributed by atoms with Gasteiger partial charge in [-0.2, -0.15) is 0 Å². The minimum Gasteiger partial charge on any atom is -0.467 e. The van der Waals surface area contributed by atoms with Gasteiger partial charge in [0.25, 0.3) is 0 Å². The Labute approximate surface area is 196 Å². The number of unbranched alkanes of at least 4 members (excludes halogenated alkanes) is 3. The highest BCUT2D eigenvalue weighted by Crippen LogP contribution is 2.30. The van der Waals surface area contributed by atoms with E-state index in [2.05, 4.69) is 11.2 Å². The van der Waals surface area contributed by atoms with Crippen molar-refractivity contribution >= 4 is 23.9 Å². The zero-order valence-corrected chi connectivity index (χ0v) is 20.2. The summed E-state index contributed by atoms with van der Waals surface area (Å²) in [6.07, 6.45) is 9.72. The molecular weight excluding hydrogens is 426 g/mol. The molecule has 0 aromatic rings. The second-order valence-corrected chi connectivity index (χ2v) is 9.61. The van der Waals surface area contributed by atoms with E-state index in [1.807, 2.05) is 0 Å². The number of terminal acetylenes is 1. The molecule has 2 heterocycles. The van der Waals surface area contributed by atoms with Gasteiger partial charge in [0.1, 0.15) is 17.7 Å². The Morgan fingerprint density at radius 2 is 1.88 bits per heavy atom. The summed E-state index contributed by atoms with van der Waals surface area (Å²) in [5.41, 5.74) is -0.743. The predicted molar refractivity (Wildman–Crippen MR) is 122 cm³/mol. The molecule has 0 saturated carbocycles. The van der Waals surface area contributed by atoms with Crippen LogP contribution in [0.4, 0.5) is 4.79 Å². The maximum atomic E-state index is 13.5. The van der Waals surface area contributed by atoms with Crippen molar-refractivity contribution < 1.29 is 28.7 Å². The number of nitrogens with one attached hydrogen (secondary N) is 1. The van der Waals surface area contributed by atoms with Gasteiger partial charge < -0.3 is 24.6 Å². The number of carbonyl (C=O) groups is 4. The van der Waals surface area contributed by atoms with Crippen LogP contribution in [0.2, 0.25) is 0 Å². The van der Waals surface area contributed by atoms with E-state index in [0.717, 1.165) is 19.3 Å². The van der Waals surface area contributed by atoms with E-state index >= 15 is 0 Å². The van der Waals surface area contributed by atoms with E-state index < -0.39 is 35.7 Å². The summed E-state index contributed by atoms with van der Waals surface area (Å²) >= 11 is 0. The molecule has 2 saturated heterocycles. The van der Waals surface area contributed by atoms with Crippen molar-refractivity contribution in [3.8, 4) is 12.3 Å². The third-order valence-corrected chi connectivity index (χ3v) is 5.92. The molecule has 0 aromatic heterocycles. The molecule has 3 amide bonds. The maximum Gasteiger partial charge on any atom is 0.408 e. The lowest BCUT2D eigenvalue weighted by Gasteiger charge is -2.38. The summed E-state index contributed by atoms with van der Waals surface area (Å²) in [4.78, 5) is 54.4. The lowest BCUT2D eigenvalue weighted by molar-refractivity contribution is -0.154. The lowest BCUT2D eigenvalue weighted by atomic mass is 10.1. The van der Waals surface area contributed by atoms with Crippen LogP contribution in [0, 0.1) is 12.3 Å². The Morgan fingerprint density at radius 1 is 1.15 bits per heavy atom. The van der Waals surface area contributed by atoms with Crippen molar-refractivity contribution in [3.63, 3.8) is 0 Å². The summed E-state index contributed by atoms with van der Waals surface area (Å²) in [5.74, 6) is 1.67. The van der Waals surface area contributed by atoms with Crippen LogP contribution in [0.15, 0.2) is 0 Å². The van der Waals surface area contributed by atoms with Crippen LogP contribution in [-0.2, 0) is 23.9 Å². The highest BCUT2D eigenvalue weighted by molar-refractivity contribution is 5.91. The van der Waals surface area contributed by atoms with E-state index in [0.29, 0.717) is 38.6 Å². The molecule has 33 heavy (non-hydrogen) atoms. The molecule has 2 aliphatic rings. The number of ether oxygens (including phenoxy) is 2. The van der Waals surface area contributed by atoms with Crippen molar-refractivity contribution in [1.82, 2.24) is 15.1 Å². The minimum absolute atomic E-state index is 0.0262. The summed E-state index contributed by atoms with van der Waals surface area (Å²) < 4.78 is 10.2. The van der Waals surface area contributed by atoms with E-state index in [1.54, 1.807) is 25.7 Å². The fraction of sp³-hybridized carbons (Fsp3) is 0.750. The van der Waals surface area contributed by atoms with Crippen LogP contribution < -0.4 is 5.32 Å². The molecule has 2 rings (SSSR count). The quantitative estimate of drug-likeness (QED) is 0.353. The number of hydrogen-bond donors (Lipinski definition) is 1. The summed E-state index contributed by atoms with van der Waals surface area (Å²) in [7, 11) is 1.30. The number of nitrogens with zero attached hydrogens (tertiary/aromatic N) is 2. The second-order valence-electron chi connectivity index (χ2n) is 9.61.